The Morgan fingerprint density at radius 3 is 2.21 bits per heavy atom. The van der Waals surface area contributed by atoms with Crippen LogP contribution >= 0.6 is 0 Å². The smallest absolute Gasteiger partial charge is 0.161 e. The van der Waals surface area contributed by atoms with Crippen LogP contribution in [0.4, 0.5) is 0 Å². The van der Waals surface area contributed by atoms with E-state index >= 15 is 0 Å². The van der Waals surface area contributed by atoms with Gasteiger partial charge in [0.15, 0.2) is 11.5 Å². The summed E-state index contributed by atoms with van der Waals surface area (Å²) in [5.74, 6) is 2.26. The van der Waals surface area contributed by atoms with Gasteiger partial charge in [-0.15, -0.1) is 0 Å². The van der Waals surface area contributed by atoms with Gasteiger partial charge in [-0.05, 0) is 46.5 Å². The van der Waals surface area contributed by atoms with E-state index in [9.17, 15) is 0 Å². The predicted molar refractivity (Wildman–Crippen MR) is 96.4 cm³/mol. The number of methoxy groups -OCH3 is 3. The Morgan fingerprint density at radius 2 is 1.46 bits per heavy atom. The van der Waals surface area contributed by atoms with E-state index in [-0.39, 0.29) is 0 Å². The van der Waals surface area contributed by atoms with Crippen LogP contribution in [0.1, 0.15) is 0 Å². The lowest BCUT2D eigenvalue weighted by atomic mass is 10.00. The van der Waals surface area contributed by atoms with Crippen molar-refractivity contribution in [3.63, 3.8) is 0 Å². The molecular weight excluding hydrogens is 302 g/mol. The maximum atomic E-state index is 5.45. The molecule has 4 aromatic rings. The normalized spacial score (nSPS) is 11.1. The molecule has 4 rings (SSSR count). The number of rotatable bonds is 3. The summed E-state index contributed by atoms with van der Waals surface area (Å²) < 4.78 is 16.2. The van der Waals surface area contributed by atoms with Gasteiger partial charge < -0.3 is 14.2 Å². The first-order valence-corrected chi connectivity index (χ1v) is 7.66. The van der Waals surface area contributed by atoms with E-state index < -0.39 is 0 Å². The predicted octanol–water partition coefficient (Wildman–Crippen LogP) is 4.57. The van der Waals surface area contributed by atoms with E-state index in [0.717, 1.165) is 43.9 Å². The number of benzene rings is 3. The highest BCUT2D eigenvalue weighted by atomic mass is 16.5. The number of nitrogens with zero attached hydrogens (tertiary/aromatic N) is 1. The van der Waals surface area contributed by atoms with E-state index in [4.69, 9.17) is 14.2 Å². The summed E-state index contributed by atoms with van der Waals surface area (Å²) in [6.07, 6.45) is 1.92. The van der Waals surface area contributed by atoms with Gasteiger partial charge in [-0.2, -0.15) is 0 Å². The average molecular weight is 319 g/mol. The quantitative estimate of drug-likeness (QED) is 0.519. The molecule has 0 N–H and O–H groups in total. The van der Waals surface area contributed by atoms with Crippen molar-refractivity contribution in [2.75, 3.05) is 21.3 Å². The summed E-state index contributed by atoms with van der Waals surface area (Å²) in [7, 11) is 4.96. The highest BCUT2D eigenvalue weighted by Crippen LogP contribution is 2.37. The first-order chi connectivity index (χ1) is 11.7. The minimum atomic E-state index is 0.711. The fraction of sp³-hybridized carbons (Fsp3) is 0.150. The summed E-state index contributed by atoms with van der Waals surface area (Å²) >= 11 is 0. The van der Waals surface area contributed by atoms with Crippen molar-refractivity contribution in [2.24, 2.45) is 0 Å². The zero-order chi connectivity index (χ0) is 16.7. The highest BCUT2D eigenvalue weighted by Gasteiger charge is 2.11. The Bertz CT molecular complexity index is 1070. The summed E-state index contributed by atoms with van der Waals surface area (Å²) in [6, 6.07) is 14.1. The van der Waals surface area contributed by atoms with E-state index in [1.165, 1.54) is 0 Å². The standard InChI is InChI=1S/C20H17NO3/c1-22-13-5-7-18-16(9-13)14-6-4-12-8-19(23-2)20(24-3)10-15(12)17(14)11-21-18/h4-11H,1-3H3. The topological polar surface area (TPSA) is 40.6 Å². The number of fused-ring (bicyclic) bond motifs is 5. The van der Waals surface area contributed by atoms with Crippen LogP contribution in [-0.4, -0.2) is 26.3 Å². The van der Waals surface area contributed by atoms with Crippen molar-refractivity contribution in [1.82, 2.24) is 4.98 Å². The zero-order valence-electron chi connectivity index (χ0n) is 13.8. The zero-order valence-corrected chi connectivity index (χ0v) is 13.8. The third-order valence-electron chi connectivity index (χ3n) is 4.39. The molecule has 0 amide bonds. The van der Waals surface area contributed by atoms with Crippen LogP contribution in [0.2, 0.25) is 0 Å². The monoisotopic (exact) mass is 319 g/mol. The molecule has 0 fully saturated rings. The molecule has 0 saturated heterocycles. The van der Waals surface area contributed by atoms with Gasteiger partial charge in [0.05, 0.1) is 26.8 Å². The Balaban J connectivity index is 2.12. The molecule has 0 aliphatic carbocycles. The second kappa shape index (κ2) is 5.57. The molecule has 3 aromatic carbocycles. The van der Waals surface area contributed by atoms with Gasteiger partial charge in [-0.25, -0.2) is 0 Å². The van der Waals surface area contributed by atoms with Gasteiger partial charge in [0.25, 0.3) is 0 Å². The molecule has 0 spiro atoms. The molecule has 120 valence electrons. The van der Waals surface area contributed by atoms with Crippen LogP contribution < -0.4 is 14.2 Å². The molecule has 0 aliphatic heterocycles. The van der Waals surface area contributed by atoms with Crippen LogP contribution in [0.5, 0.6) is 17.2 Å². The molecule has 1 heterocycles. The fourth-order valence-corrected chi connectivity index (χ4v) is 3.15. The first-order valence-electron chi connectivity index (χ1n) is 7.66. The van der Waals surface area contributed by atoms with Gasteiger partial charge in [-0.3, -0.25) is 4.98 Å². The Kier molecular flexibility index (Phi) is 3.38. The number of pyridine rings is 1. The minimum Gasteiger partial charge on any atom is -0.497 e. The summed E-state index contributed by atoms with van der Waals surface area (Å²) in [5.41, 5.74) is 0.947. The van der Waals surface area contributed by atoms with Crippen LogP contribution in [-0.2, 0) is 0 Å². The highest BCUT2D eigenvalue weighted by molar-refractivity contribution is 6.16. The molecule has 0 radical (unpaired) electrons. The van der Waals surface area contributed by atoms with Crippen LogP contribution in [0.3, 0.4) is 0 Å². The summed E-state index contributed by atoms with van der Waals surface area (Å²) in [6.45, 7) is 0. The molecule has 0 aliphatic rings. The third kappa shape index (κ3) is 2.11. The van der Waals surface area contributed by atoms with Crippen LogP contribution in [0, 0.1) is 0 Å². The van der Waals surface area contributed by atoms with Gasteiger partial charge in [0.1, 0.15) is 5.75 Å². The van der Waals surface area contributed by atoms with Gasteiger partial charge in [0.2, 0.25) is 0 Å². The van der Waals surface area contributed by atoms with E-state index in [1.807, 2.05) is 36.5 Å². The Labute approximate surface area is 139 Å². The Hall–Kier alpha value is -3.01. The SMILES string of the molecule is COc1ccc2ncc3c4cc(OC)c(OC)cc4ccc3c2c1. The van der Waals surface area contributed by atoms with E-state index in [1.54, 1.807) is 21.3 Å². The molecule has 0 saturated carbocycles. The summed E-state index contributed by atoms with van der Waals surface area (Å²) in [4.78, 5) is 4.61. The maximum absolute atomic E-state index is 5.45. The van der Waals surface area contributed by atoms with Crippen molar-refractivity contribution in [3.05, 3.63) is 48.7 Å². The van der Waals surface area contributed by atoms with Gasteiger partial charge >= 0.3 is 0 Å². The van der Waals surface area contributed by atoms with Crippen LogP contribution in [0.25, 0.3) is 32.4 Å². The number of aromatic nitrogens is 1. The van der Waals surface area contributed by atoms with E-state index in [0.29, 0.717) is 5.75 Å². The lowest BCUT2D eigenvalue weighted by Gasteiger charge is -2.12. The van der Waals surface area contributed by atoms with Crippen molar-refractivity contribution in [2.45, 2.75) is 0 Å². The molecule has 0 bridgehead atoms. The molecule has 1 aromatic heterocycles. The van der Waals surface area contributed by atoms with Gasteiger partial charge in [0, 0.05) is 17.0 Å². The fourth-order valence-electron chi connectivity index (χ4n) is 3.15. The number of ether oxygens (including phenoxy) is 3. The molecule has 0 atom stereocenters. The second-order valence-electron chi connectivity index (χ2n) is 5.60. The van der Waals surface area contributed by atoms with Crippen molar-refractivity contribution >= 4 is 32.4 Å². The number of hydrogen-bond acceptors (Lipinski definition) is 4. The molecule has 4 nitrogen and oxygen atoms in total. The van der Waals surface area contributed by atoms with Crippen molar-refractivity contribution in [1.29, 1.82) is 0 Å². The molecule has 0 unspecified atom stereocenters. The summed E-state index contributed by atoms with van der Waals surface area (Å²) in [5, 5.41) is 5.46. The lowest BCUT2D eigenvalue weighted by molar-refractivity contribution is 0.356. The minimum absolute atomic E-state index is 0.711. The maximum Gasteiger partial charge on any atom is 0.161 e. The first kappa shape index (κ1) is 14.6. The molecule has 24 heavy (non-hydrogen) atoms. The number of hydrogen-bond donors (Lipinski definition) is 0. The lowest BCUT2D eigenvalue weighted by Crippen LogP contribution is -1.91. The third-order valence-corrected chi connectivity index (χ3v) is 4.39. The van der Waals surface area contributed by atoms with Crippen molar-refractivity contribution in [3.8, 4) is 17.2 Å². The Morgan fingerprint density at radius 1 is 0.667 bits per heavy atom. The van der Waals surface area contributed by atoms with E-state index in [2.05, 4.69) is 17.1 Å². The average Bonchev–Trinajstić information content (AvgIpc) is 2.65. The largest absolute Gasteiger partial charge is 0.497 e. The molecule has 4 heteroatoms. The second-order valence-corrected chi connectivity index (χ2v) is 5.60. The molecular formula is C20H17NO3. The van der Waals surface area contributed by atoms with Crippen molar-refractivity contribution < 1.29 is 14.2 Å². The van der Waals surface area contributed by atoms with Gasteiger partial charge in [-0.1, -0.05) is 12.1 Å². The van der Waals surface area contributed by atoms with Crippen LogP contribution in [0.15, 0.2) is 48.7 Å².